The first-order chi connectivity index (χ1) is 11.1. The number of nitrogens with zero attached hydrogens (tertiary/aromatic N) is 3. The Bertz CT molecular complexity index is 639. The molecular formula is C19H26N4. The van der Waals surface area contributed by atoms with Crippen molar-refractivity contribution in [2.24, 2.45) is 0 Å². The van der Waals surface area contributed by atoms with Crippen molar-refractivity contribution in [1.29, 1.82) is 0 Å². The van der Waals surface area contributed by atoms with Crippen LogP contribution in [-0.4, -0.2) is 43.1 Å². The zero-order valence-electron chi connectivity index (χ0n) is 14.3. The first-order valence-corrected chi connectivity index (χ1v) is 8.29. The van der Waals surface area contributed by atoms with Crippen LogP contribution in [0.5, 0.6) is 0 Å². The molecule has 1 unspecified atom stereocenters. The normalized spacial score (nSPS) is 18.1. The summed E-state index contributed by atoms with van der Waals surface area (Å²) in [4.78, 5) is 9.26. The summed E-state index contributed by atoms with van der Waals surface area (Å²) in [5.74, 6) is 0.986. The van der Waals surface area contributed by atoms with Gasteiger partial charge in [0.15, 0.2) is 0 Å². The monoisotopic (exact) mass is 310 g/mol. The Kier molecular flexibility index (Phi) is 4.82. The van der Waals surface area contributed by atoms with Crippen LogP contribution >= 0.6 is 0 Å². The standard InChI is InChI=1S/C19H26N4/c1-15-11-18(22(2)3)12-19(20-15)21-17-9-10-23(14-17)13-16-7-5-4-6-8-16/h4-8,11-12,17H,9-10,13-14H2,1-3H3,(H,20,21). The molecule has 0 aliphatic carbocycles. The Morgan fingerprint density at radius 1 is 1.22 bits per heavy atom. The van der Waals surface area contributed by atoms with Crippen molar-refractivity contribution in [3.05, 3.63) is 53.7 Å². The second-order valence-corrected chi connectivity index (χ2v) is 6.60. The molecule has 1 atom stereocenters. The van der Waals surface area contributed by atoms with Crippen molar-refractivity contribution in [2.45, 2.75) is 25.9 Å². The van der Waals surface area contributed by atoms with E-state index in [1.165, 1.54) is 17.7 Å². The third-order valence-corrected chi connectivity index (χ3v) is 4.33. The molecule has 23 heavy (non-hydrogen) atoms. The lowest BCUT2D eigenvalue weighted by Crippen LogP contribution is -2.26. The van der Waals surface area contributed by atoms with Gasteiger partial charge in [0.1, 0.15) is 5.82 Å². The smallest absolute Gasteiger partial charge is 0.128 e. The van der Waals surface area contributed by atoms with E-state index >= 15 is 0 Å². The van der Waals surface area contributed by atoms with E-state index in [9.17, 15) is 0 Å². The van der Waals surface area contributed by atoms with E-state index in [4.69, 9.17) is 0 Å². The van der Waals surface area contributed by atoms with E-state index < -0.39 is 0 Å². The van der Waals surface area contributed by atoms with Gasteiger partial charge in [0.25, 0.3) is 0 Å². The van der Waals surface area contributed by atoms with Crippen molar-refractivity contribution in [3.63, 3.8) is 0 Å². The van der Waals surface area contributed by atoms with E-state index in [0.29, 0.717) is 6.04 Å². The summed E-state index contributed by atoms with van der Waals surface area (Å²) in [5.41, 5.74) is 3.63. The SMILES string of the molecule is Cc1cc(N(C)C)cc(NC2CCN(Cc3ccccc3)C2)n1. The molecule has 1 aromatic carbocycles. The summed E-state index contributed by atoms with van der Waals surface area (Å²) in [6, 6.07) is 15.4. The second-order valence-electron chi connectivity index (χ2n) is 6.60. The van der Waals surface area contributed by atoms with Crippen LogP contribution in [0.1, 0.15) is 17.7 Å². The number of anilines is 2. The fourth-order valence-corrected chi connectivity index (χ4v) is 3.13. The molecule has 1 aliphatic rings. The Balaban J connectivity index is 1.60. The predicted molar refractivity (Wildman–Crippen MR) is 97.0 cm³/mol. The average molecular weight is 310 g/mol. The van der Waals surface area contributed by atoms with Crippen molar-refractivity contribution in [1.82, 2.24) is 9.88 Å². The van der Waals surface area contributed by atoms with Crippen molar-refractivity contribution < 1.29 is 0 Å². The zero-order valence-corrected chi connectivity index (χ0v) is 14.3. The lowest BCUT2D eigenvalue weighted by atomic mass is 10.2. The Morgan fingerprint density at radius 3 is 2.74 bits per heavy atom. The van der Waals surface area contributed by atoms with Crippen LogP contribution in [-0.2, 0) is 6.54 Å². The van der Waals surface area contributed by atoms with Crippen molar-refractivity contribution >= 4 is 11.5 Å². The predicted octanol–water partition coefficient (Wildman–Crippen LogP) is 3.14. The molecule has 0 bridgehead atoms. The summed E-state index contributed by atoms with van der Waals surface area (Å²) in [6.07, 6.45) is 1.17. The molecule has 0 saturated carbocycles. The highest BCUT2D eigenvalue weighted by Crippen LogP contribution is 2.21. The molecule has 1 saturated heterocycles. The first kappa shape index (κ1) is 15.8. The number of rotatable bonds is 5. The Hall–Kier alpha value is -2.07. The summed E-state index contributed by atoms with van der Waals surface area (Å²) in [6.45, 7) is 5.29. The maximum absolute atomic E-state index is 4.63. The van der Waals surface area contributed by atoms with Crippen LogP contribution < -0.4 is 10.2 Å². The molecule has 0 amide bonds. The van der Waals surface area contributed by atoms with Crippen LogP contribution in [0.15, 0.2) is 42.5 Å². The molecule has 1 aromatic heterocycles. The van der Waals surface area contributed by atoms with Gasteiger partial charge >= 0.3 is 0 Å². The molecule has 4 heteroatoms. The largest absolute Gasteiger partial charge is 0.377 e. The second kappa shape index (κ2) is 7.01. The van der Waals surface area contributed by atoms with Gasteiger partial charge < -0.3 is 10.2 Å². The van der Waals surface area contributed by atoms with Crippen molar-refractivity contribution in [2.75, 3.05) is 37.4 Å². The molecule has 1 fully saturated rings. The lowest BCUT2D eigenvalue weighted by Gasteiger charge is -2.19. The number of nitrogens with one attached hydrogen (secondary N) is 1. The summed E-state index contributed by atoms with van der Waals surface area (Å²) < 4.78 is 0. The minimum absolute atomic E-state index is 0.475. The summed E-state index contributed by atoms with van der Waals surface area (Å²) >= 11 is 0. The van der Waals surface area contributed by atoms with Crippen LogP contribution in [0.2, 0.25) is 0 Å². The molecule has 1 aliphatic heterocycles. The minimum Gasteiger partial charge on any atom is -0.377 e. The molecule has 0 spiro atoms. The molecule has 3 rings (SSSR count). The average Bonchev–Trinajstić information content (AvgIpc) is 2.94. The van der Waals surface area contributed by atoms with Gasteiger partial charge in [-0.1, -0.05) is 30.3 Å². The van der Waals surface area contributed by atoms with Gasteiger partial charge in [-0.15, -0.1) is 0 Å². The van der Waals surface area contributed by atoms with E-state index in [2.05, 4.69) is 83.6 Å². The van der Waals surface area contributed by atoms with Crippen LogP contribution in [0.4, 0.5) is 11.5 Å². The quantitative estimate of drug-likeness (QED) is 0.919. The maximum Gasteiger partial charge on any atom is 0.128 e. The molecule has 122 valence electrons. The molecule has 2 aromatic rings. The fraction of sp³-hybridized carbons (Fsp3) is 0.421. The summed E-state index contributed by atoms with van der Waals surface area (Å²) in [7, 11) is 4.13. The third kappa shape index (κ3) is 4.23. The molecule has 0 radical (unpaired) electrons. The van der Waals surface area contributed by atoms with Gasteiger partial charge in [-0.25, -0.2) is 4.98 Å². The number of aromatic nitrogens is 1. The number of aryl methyl sites for hydroxylation is 1. The number of hydrogen-bond acceptors (Lipinski definition) is 4. The van der Waals surface area contributed by atoms with Crippen LogP contribution in [0.25, 0.3) is 0 Å². The fourth-order valence-electron chi connectivity index (χ4n) is 3.13. The highest BCUT2D eigenvalue weighted by molar-refractivity contribution is 5.55. The van der Waals surface area contributed by atoms with Crippen molar-refractivity contribution in [3.8, 4) is 0 Å². The highest BCUT2D eigenvalue weighted by Gasteiger charge is 2.22. The van der Waals surface area contributed by atoms with Gasteiger partial charge in [0.05, 0.1) is 0 Å². The number of hydrogen-bond donors (Lipinski definition) is 1. The topological polar surface area (TPSA) is 31.4 Å². The number of pyridine rings is 1. The molecular weight excluding hydrogens is 284 g/mol. The van der Waals surface area contributed by atoms with E-state index in [0.717, 1.165) is 31.1 Å². The number of likely N-dealkylation sites (tertiary alicyclic amines) is 1. The molecule has 1 N–H and O–H groups in total. The molecule has 4 nitrogen and oxygen atoms in total. The number of benzene rings is 1. The maximum atomic E-state index is 4.63. The van der Waals surface area contributed by atoms with Gasteiger partial charge in [0, 0.05) is 57.2 Å². The van der Waals surface area contributed by atoms with Gasteiger partial charge in [0.2, 0.25) is 0 Å². The first-order valence-electron chi connectivity index (χ1n) is 8.29. The summed E-state index contributed by atoms with van der Waals surface area (Å²) in [5, 5.41) is 3.61. The minimum atomic E-state index is 0.475. The van der Waals surface area contributed by atoms with Gasteiger partial charge in [-0.05, 0) is 25.0 Å². The van der Waals surface area contributed by atoms with Crippen LogP contribution in [0.3, 0.4) is 0 Å². The van der Waals surface area contributed by atoms with Crippen LogP contribution in [0, 0.1) is 6.92 Å². The molecule has 2 heterocycles. The van der Waals surface area contributed by atoms with Gasteiger partial charge in [-0.2, -0.15) is 0 Å². The highest BCUT2D eigenvalue weighted by atomic mass is 15.2. The Morgan fingerprint density at radius 2 is 2.00 bits per heavy atom. The lowest BCUT2D eigenvalue weighted by molar-refractivity contribution is 0.328. The third-order valence-electron chi connectivity index (χ3n) is 4.33. The Labute approximate surface area is 139 Å². The van der Waals surface area contributed by atoms with E-state index in [1.54, 1.807) is 0 Å². The zero-order chi connectivity index (χ0) is 16.2. The van der Waals surface area contributed by atoms with E-state index in [-0.39, 0.29) is 0 Å². The van der Waals surface area contributed by atoms with Gasteiger partial charge in [-0.3, -0.25) is 4.90 Å². The van der Waals surface area contributed by atoms with E-state index in [1.807, 2.05) is 0 Å².